The van der Waals surface area contributed by atoms with E-state index < -0.39 is 0 Å². The number of thiophene rings is 1. The second-order valence-electron chi connectivity index (χ2n) is 4.12. The van der Waals surface area contributed by atoms with Gasteiger partial charge in [0.05, 0.1) is 0 Å². The molecule has 0 nitrogen and oxygen atoms in total. The van der Waals surface area contributed by atoms with E-state index in [0.29, 0.717) is 5.92 Å². The van der Waals surface area contributed by atoms with Gasteiger partial charge in [-0.25, -0.2) is 0 Å². The third-order valence-corrected chi connectivity index (χ3v) is 3.92. The predicted octanol–water partition coefficient (Wildman–Crippen LogP) is 5.07. The van der Waals surface area contributed by atoms with Crippen LogP contribution in [0.1, 0.15) is 42.5 Å². The van der Waals surface area contributed by atoms with Crippen molar-refractivity contribution in [2.24, 2.45) is 0 Å². The summed E-state index contributed by atoms with van der Waals surface area (Å²) in [7, 11) is 0. The van der Waals surface area contributed by atoms with Crippen molar-refractivity contribution in [3.63, 3.8) is 0 Å². The highest BCUT2D eigenvalue weighted by Gasteiger charge is 2.13. The summed E-state index contributed by atoms with van der Waals surface area (Å²) in [4.78, 5) is 1.50. The van der Waals surface area contributed by atoms with Crippen LogP contribution in [0.25, 0.3) is 0 Å². The summed E-state index contributed by atoms with van der Waals surface area (Å²) < 4.78 is 0. The first kappa shape index (κ1) is 11.4. The number of rotatable bonds is 5. The molecule has 0 aliphatic carbocycles. The van der Waals surface area contributed by atoms with Gasteiger partial charge in [0.1, 0.15) is 0 Å². The first-order valence-corrected chi connectivity index (χ1v) is 6.88. The monoisotopic (exact) mass is 230 g/mol. The van der Waals surface area contributed by atoms with Crippen LogP contribution in [0.3, 0.4) is 0 Å². The van der Waals surface area contributed by atoms with Crippen molar-refractivity contribution in [1.29, 1.82) is 0 Å². The van der Waals surface area contributed by atoms with Crippen LogP contribution in [0, 0.1) is 0 Å². The molecule has 1 aromatic heterocycles. The van der Waals surface area contributed by atoms with Gasteiger partial charge in [-0.15, -0.1) is 11.3 Å². The summed E-state index contributed by atoms with van der Waals surface area (Å²) in [5, 5.41) is 2.18. The lowest BCUT2D eigenvalue weighted by Gasteiger charge is -2.15. The Kier molecular flexibility index (Phi) is 4.17. The number of benzene rings is 1. The molecule has 1 unspecified atom stereocenters. The molecule has 0 saturated carbocycles. The minimum absolute atomic E-state index is 0.598. The van der Waals surface area contributed by atoms with Crippen molar-refractivity contribution in [3.8, 4) is 0 Å². The lowest BCUT2D eigenvalue weighted by atomic mass is 9.92. The van der Waals surface area contributed by atoms with Crippen LogP contribution in [-0.4, -0.2) is 0 Å². The summed E-state index contributed by atoms with van der Waals surface area (Å²) in [5.41, 5.74) is 1.46. The molecule has 0 bridgehead atoms. The second kappa shape index (κ2) is 5.86. The molecule has 0 fully saturated rings. The van der Waals surface area contributed by atoms with Gasteiger partial charge < -0.3 is 0 Å². The molecule has 1 atom stereocenters. The molecule has 0 amide bonds. The fourth-order valence-electron chi connectivity index (χ4n) is 2.06. The van der Waals surface area contributed by atoms with Crippen LogP contribution < -0.4 is 0 Å². The van der Waals surface area contributed by atoms with Gasteiger partial charge in [0.25, 0.3) is 0 Å². The highest BCUT2D eigenvalue weighted by molar-refractivity contribution is 7.10. The van der Waals surface area contributed by atoms with E-state index >= 15 is 0 Å². The normalized spacial score (nSPS) is 12.6. The molecule has 0 saturated heterocycles. The maximum atomic E-state index is 2.26. The zero-order valence-corrected chi connectivity index (χ0v) is 10.5. The van der Waals surface area contributed by atoms with E-state index in [4.69, 9.17) is 0 Å². The first-order valence-electron chi connectivity index (χ1n) is 6.00. The zero-order chi connectivity index (χ0) is 11.2. The highest BCUT2D eigenvalue weighted by Crippen LogP contribution is 2.32. The van der Waals surface area contributed by atoms with Gasteiger partial charge in [0.2, 0.25) is 0 Å². The van der Waals surface area contributed by atoms with Gasteiger partial charge >= 0.3 is 0 Å². The molecule has 0 aliphatic heterocycles. The molecule has 0 spiro atoms. The number of unbranched alkanes of at least 4 members (excludes halogenated alkanes) is 1. The highest BCUT2D eigenvalue weighted by atomic mass is 32.1. The Morgan fingerprint density at radius 3 is 2.50 bits per heavy atom. The zero-order valence-electron chi connectivity index (χ0n) is 9.73. The molecule has 0 N–H and O–H groups in total. The fraction of sp³-hybridized carbons (Fsp3) is 0.333. The minimum atomic E-state index is 0.598. The van der Waals surface area contributed by atoms with Crippen molar-refractivity contribution in [2.75, 3.05) is 0 Å². The van der Waals surface area contributed by atoms with Gasteiger partial charge in [0.15, 0.2) is 0 Å². The molecule has 2 rings (SSSR count). The summed E-state index contributed by atoms with van der Waals surface area (Å²) >= 11 is 1.88. The van der Waals surface area contributed by atoms with E-state index in [1.54, 1.807) is 0 Å². The Labute approximate surface area is 102 Å². The maximum Gasteiger partial charge on any atom is 0.0183 e. The van der Waals surface area contributed by atoms with E-state index in [1.165, 1.54) is 29.7 Å². The Balaban J connectivity index is 2.21. The Hall–Kier alpha value is -1.08. The van der Waals surface area contributed by atoms with E-state index in [0.717, 1.165) is 0 Å². The number of hydrogen-bond acceptors (Lipinski definition) is 1. The fourth-order valence-corrected chi connectivity index (χ4v) is 2.95. The van der Waals surface area contributed by atoms with Gasteiger partial charge in [-0.2, -0.15) is 0 Å². The van der Waals surface area contributed by atoms with Gasteiger partial charge in [-0.1, -0.05) is 56.2 Å². The molecular weight excluding hydrogens is 212 g/mol. The lowest BCUT2D eigenvalue weighted by molar-refractivity contribution is 0.657. The van der Waals surface area contributed by atoms with Crippen LogP contribution >= 0.6 is 11.3 Å². The van der Waals surface area contributed by atoms with Gasteiger partial charge in [0, 0.05) is 10.8 Å². The average molecular weight is 230 g/mol. The van der Waals surface area contributed by atoms with Crippen molar-refractivity contribution >= 4 is 11.3 Å². The van der Waals surface area contributed by atoms with Gasteiger partial charge in [-0.3, -0.25) is 0 Å². The SMILES string of the molecule is CCCCC(c1ccccc1)c1cccs1. The summed E-state index contributed by atoms with van der Waals surface area (Å²) in [5.74, 6) is 0.598. The van der Waals surface area contributed by atoms with E-state index in [-0.39, 0.29) is 0 Å². The summed E-state index contributed by atoms with van der Waals surface area (Å²) in [6.07, 6.45) is 3.84. The van der Waals surface area contributed by atoms with E-state index in [2.05, 4.69) is 54.8 Å². The maximum absolute atomic E-state index is 2.26. The largest absolute Gasteiger partial charge is 0.148 e. The van der Waals surface area contributed by atoms with Crippen molar-refractivity contribution < 1.29 is 0 Å². The molecule has 0 aliphatic rings. The van der Waals surface area contributed by atoms with Crippen LogP contribution in [0.4, 0.5) is 0 Å². The molecule has 2 aromatic rings. The van der Waals surface area contributed by atoms with Gasteiger partial charge in [-0.05, 0) is 23.4 Å². The molecule has 16 heavy (non-hydrogen) atoms. The average Bonchev–Trinajstić information content (AvgIpc) is 2.85. The first-order chi connectivity index (χ1) is 7.92. The second-order valence-corrected chi connectivity index (χ2v) is 5.10. The van der Waals surface area contributed by atoms with Crippen molar-refractivity contribution in [3.05, 3.63) is 58.3 Å². The molecule has 0 radical (unpaired) electrons. The van der Waals surface area contributed by atoms with E-state index in [9.17, 15) is 0 Å². The summed E-state index contributed by atoms with van der Waals surface area (Å²) in [6, 6.07) is 15.3. The Morgan fingerprint density at radius 2 is 1.88 bits per heavy atom. The molecule has 1 heterocycles. The Morgan fingerprint density at radius 1 is 1.06 bits per heavy atom. The quantitative estimate of drug-likeness (QED) is 0.672. The standard InChI is InChI=1S/C15H18S/c1-2-3-10-14(15-11-7-12-16-15)13-8-5-4-6-9-13/h4-9,11-12,14H,2-3,10H2,1H3. The topological polar surface area (TPSA) is 0 Å². The van der Waals surface area contributed by atoms with Crippen LogP contribution in [0.15, 0.2) is 47.8 Å². The van der Waals surface area contributed by atoms with Crippen LogP contribution in [-0.2, 0) is 0 Å². The number of hydrogen-bond donors (Lipinski definition) is 0. The van der Waals surface area contributed by atoms with E-state index in [1.807, 2.05) is 11.3 Å². The van der Waals surface area contributed by atoms with Crippen molar-refractivity contribution in [2.45, 2.75) is 32.1 Å². The third kappa shape index (κ3) is 2.73. The summed E-state index contributed by atoms with van der Waals surface area (Å²) in [6.45, 7) is 2.26. The van der Waals surface area contributed by atoms with Crippen molar-refractivity contribution in [1.82, 2.24) is 0 Å². The smallest absolute Gasteiger partial charge is 0.0183 e. The molecule has 84 valence electrons. The third-order valence-electron chi connectivity index (χ3n) is 2.93. The lowest BCUT2D eigenvalue weighted by Crippen LogP contribution is -1.98. The molecular formula is C15H18S. The minimum Gasteiger partial charge on any atom is -0.148 e. The van der Waals surface area contributed by atoms with Crippen LogP contribution in [0.2, 0.25) is 0 Å². The Bertz CT molecular complexity index is 389. The molecule has 1 heteroatoms. The predicted molar refractivity (Wildman–Crippen MR) is 72.1 cm³/mol. The van der Waals surface area contributed by atoms with Crippen LogP contribution in [0.5, 0.6) is 0 Å². The molecule has 1 aromatic carbocycles.